The monoisotopic (exact) mass is 315 g/mol. The van der Waals surface area contributed by atoms with Gasteiger partial charge in [-0.1, -0.05) is 0 Å². The molecule has 1 saturated carbocycles. The average Bonchev–Trinajstić information content (AvgIpc) is 3.17. The predicted octanol–water partition coefficient (Wildman–Crippen LogP) is 0.663. The molecule has 8 heteroatoms. The van der Waals surface area contributed by atoms with Gasteiger partial charge in [-0.25, -0.2) is 17.5 Å². The fraction of sp³-hybridized carbons (Fsp3) is 0.462. The van der Waals surface area contributed by atoms with Crippen LogP contribution in [0, 0.1) is 12.7 Å². The average molecular weight is 315 g/mol. The topological polar surface area (TPSA) is 101 Å². The molecule has 116 valence electrons. The summed E-state index contributed by atoms with van der Waals surface area (Å²) in [7, 11) is -3.89. The summed E-state index contributed by atoms with van der Waals surface area (Å²) in [4.78, 5) is 11.3. The second-order valence-corrected chi connectivity index (χ2v) is 6.85. The molecule has 0 bridgehead atoms. The van der Waals surface area contributed by atoms with Gasteiger partial charge in [0.05, 0.1) is 4.90 Å². The first-order chi connectivity index (χ1) is 9.79. The second kappa shape index (κ2) is 5.98. The van der Waals surface area contributed by atoms with Crippen LogP contribution in [0.1, 0.15) is 24.8 Å². The van der Waals surface area contributed by atoms with Crippen LogP contribution in [0.4, 0.5) is 10.1 Å². The van der Waals surface area contributed by atoms with E-state index in [9.17, 15) is 17.6 Å². The summed E-state index contributed by atoms with van der Waals surface area (Å²) in [5.74, 6) is -0.877. The van der Waals surface area contributed by atoms with Crippen LogP contribution in [0.15, 0.2) is 17.0 Å². The number of carbonyl (C=O) groups excluding carboxylic acids is 1. The van der Waals surface area contributed by atoms with Crippen LogP contribution in [-0.2, 0) is 14.8 Å². The number of nitrogens with one attached hydrogen (secondary N) is 2. The van der Waals surface area contributed by atoms with Gasteiger partial charge >= 0.3 is 0 Å². The van der Waals surface area contributed by atoms with E-state index in [0.717, 1.165) is 18.9 Å². The highest BCUT2D eigenvalue weighted by Gasteiger charge is 2.24. The Kier molecular flexibility index (Phi) is 4.48. The van der Waals surface area contributed by atoms with Gasteiger partial charge < -0.3 is 11.1 Å². The number of rotatable bonds is 6. The quantitative estimate of drug-likeness (QED) is 0.671. The number of sulfonamides is 1. The highest BCUT2D eigenvalue weighted by molar-refractivity contribution is 7.89. The Morgan fingerprint density at radius 1 is 1.43 bits per heavy atom. The molecule has 0 unspecified atom stereocenters. The Balaban J connectivity index is 1.99. The number of benzene rings is 1. The van der Waals surface area contributed by atoms with E-state index in [4.69, 9.17) is 5.73 Å². The fourth-order valence-electron chi connectivity index (χ4n) is 1.86. The smallest absolute Gasteiger partial charge is 0.241 e. The van der Waals surface area contributed by atoms with E-state index < -0.39 is 15.8 Å². The molecule has 0 aromatic heterocycles. The molecule has 1 amide bonds. The van der Waals surface area contributed by atoms with Crippen LogP contribution < -0.4 is 15.8 Å². The van der Waals surface area contributed by atoms with E-state index >= 15 is 0 Å². The van der Waals surface area contributed by atoms with Crippen LogP contribution in [0.25, 0.3) is 0 Å². The van der Waals surface area contributed by atoms with Crippen molar-refractivity contribution in [1.29, 1.82) is 0 Å². The van der Waals surface area contributed by atoms with Crippen molar-refractivity contribution in [3.05, 3.63) is 23.5 Å². The highest BCUT2D eigenvalue weighted by Crippen LogP contribution is 2.21. The molecule has 6 nitrogen and oxygen atoms in total. The first-order valence-electron chi connectivity index (χ1n) is 6.64. The van der Waals surface area contributed by atoms with Crippen molar-refractivity contribution in [3.8, 4) is 0 Å². The van der Waals surface area contributed by atoms with Crippen molar-refractivity contribution in [2.45, 2.75) is 37.1 Å². The third-order valence-electron chi connectivity index (χ3n) is 3.20. The van der Waals surface area contributed by atoms with Gasteiger partial charge in [-0.05, 0) is 31.9 Å². The van der Waals surface area contributed by atoms with Crippen LogP contribution in [0.2, 0.25) is 0 Å². The molecule has 21 heavy (non-hydrogen) atoms. The molecule has 4 N–H and O–H groups in total. The van der Waals surface area contributed by atoms with Crippen molar-refractivity contribution >= 4 is 21.6 Å². The Hall–Kier alpha value is -1.67. The molecule has 0 heterocycles. The van der Waals surface area contributed by atoms with Gasteiger partial charge in [-0.2, -0.15) is 0 Å². The Bertz CT molecular complexity index is 657. The van der Waals surface area contributed by atoms with E-state index in [0.29, 0.717) is 0 Å². The number of halogens is 1. The summed E-state index contributed by atoms with van der Waals surface area (Å²) < 4.78 is 40.0. The molecule has 0 atom stereocenters. The third-order valence-corrected chi connectivity index (χ3v) is 4.78. The Morgan fingerprint density at radius 2 is 2.10 bits per heavy atom. The van der Waals surface area contributed by atoms with Gasteiger partial charge in [0.1, 0.15) is 5.82 Å². The minimum atomic E-state index is -3.89. The molecule has 0 spiro atoms. The zero-order chi connectivity index (χ0) is 15.6. The number of nitrogen functional groups attached to an aromatic ring is 1. The number of amides is 1. The fourth-order valence-corrected chi connectivity index (χ4v) is 3.18. The first-order valence-corrected chi connectivity index (χ1v) is 8.12. The molecule has 2 rings (SSSR count). The molecule has 0 saturated heterocycles. The number of anilines is 1. The molecule has 1 aromatic rings. The van der Waals surface area contributed by atoms with Crippen molar-refractivity contribution in [1.82, 2.24) is 10.0 Å². The van der Waals surface area contributed by atoms with E-state index in [-0.39, 0.29) is 41.1 Å². The molecule has 0 aliphatic heterocycles. The van der Waals surface area contributed by atoms with Crippen LogP contribution >= 0.6 is 0 Å². The summed E-state index contributed by atoms with van der Waals surface area (Å²) in [6.07, 6.45) is 1.98. The van der Waals surface area contributed by atoms with E-state index in [1.807, 2.05) is 0 Å². The normalized spacial score (nSPS) is 15.0. The molecule has 1 aromatic carbocycles. The summed E-state index contributed by atoms with van der Waals surface area (Å²) in [5.41, 5.74) is 5.50. The largest absolute Gasteiger partial charge is 0.399 e. The molecule has 0 radical (unpaired) electrons. The number of nitrogens with two attached hydrogens (primary N) is 1. The van der Waals surface area contributed by atoms with Crippen molar-refractivity contribution in [2.24, 2.45) is 0 Å². The maximum Gasteiger partial charge on any atom is 0.241 e. The molecular formula is C13H18FN3O3S. The van der Waals surface area contributed by atoms with Crippen LogP contribution in [-0.4, -0.2) is 26.9 Å². The molecule has 1 aliphatic carbocycles. The molecule has 1 fully saturated rings. The summed E-state index contributed by atoms with van der Waals surface area (Å²) in [6.45, 7) is 1.32. The number of carbonyl (C=O) groups is 1. The van der Waals surface area contributed by atoms with Crippen LogP contribution in [0.3, 0.4) is 0 Å². The van der Waals surface area contributed by atoms with Crippen molar-refractivity contribution in [2.75, 3.05) is 12.3 Å². The predicted molar refractivity (Wildman–Crippen MR) is 76.5 cm³/mol. The Labute approximate surface area is 123 Å². The lowest BCUT2D eigenvalue weighted by atomic mass is 10.2. The minimum absolute atomic E-state index is 0.000804. The first kappa shape index (κ1) is 15.7. The standard InChI is InChI=1S/C13H18FN3O3S/c1-8-11(14)6-9(15)7-12(8)21(19,20)16-5-4-13(18)17-10-2-3-10/h6-7,10,16H,2-5,15H2,1H3,(H,17,18). The lowest BCUT2D eigenvalue weighted by Gasteiger charge is -2.11. The van der Waals surface area contributed by atoms with Gasteiger partial charge in [0, 0.05) is 30.3 Å². The number of hydrogen-bond acceptors (Lipinski definition) is 4. The van der Waals surface area contributed by atoms with Gasteiger partial charge in [-0.15, -0.1) is 0 Å². The van der Waals surface area contributed by atoms with Gasteiger partial charge in [-0.3, -0.25) is 4.79 Å². The Morgan fingerprint density at radius 3 is 2.71 bits per heavy atom. The number of hydrogen-bond donors (Lipinski definition) is 3. The zero-order valence-corrected chi connectivity index (χ0v) is 12.5. The summed E-state index contributed by atoms with van der Waals surface area (Å²) in [6, 6.07) is 2.50. The van der Waals surface area contributed by atoms with Gasteiger partial charge in [0.25, 0.3) is 0 Å². The summed E-state index contributed by atoms with van der Waals surface area (Å²) in [5, 5.41) is 2.76. The summed E-state index contributed by atoms with van der Waals surface area (Å²) >= 11 is 0. The second-order valence-electron chi connectivity index (χ2n) is 5.12. The van der Waals surface area contributed by atoms with Crippen molar-refractivity contribution in [3.63, 3.8) is 0 Å². The molecular weight excluding hydrogens is 297 g/mol. The van der Waals surface area contributed by atoms with Crippen molar-refractivity contribution < 1.29 is 17.6 Å². The van der Waals surface area contributed by atoms with Crippen LogP contribution in [0.5, 0.6) is 0 Å². The highest BCUT2D eigenvalue weighted by atomic mass is 32.2. The maximum absolute atomic E-state index is 13.5. The van der Waals surface area contributed by atoms with E-state index in [2.05, 4.69) is 10.0 Å². The lowest BCUT2D eigenvalue weighted by Crippen LogP contribution is -2.32. The lowest BCUT2D eigenvalue weighted by molar-refractivity contribution is -0.121. The molecule has 1 aliphatic rings. The minimum Gasteiger partial charge on any atom is -0.399 e. The van der Waals surface area contributed by atoms with Gasteiger partial charge in [0.15, 0.2) is 0 Å². The van der Waals surface area contributed by atoms with E-state index in [1.165, 1.54) is 13.0 Å². The zero-order valence-electron chi connectivity index (χ0n) is 11.6. The SMILES string of the molecule is Cc1c(F)cc(N)cc1S(=O)(=O)NCCC(=O)NC1CC1. The van der Waals surface area contributed by atoms with Gasteiger partial charge in [0.2, 0.25) is 15.9 Å². The van der Waals surface area contributed by atoms with E-state index in [1.54, 1.807) is 0 Å². The third kappa shape index (κ3) is 4.15. The maximum atomic E-state index is 13.5.